The van der Waals surface area contributed by atoms with Crippen molar-refractivity contribution in [1.29, 1.82) is 0 Å². The summed E-state index contributed by atoms with van der Waals surface area (Å²) < 4.78 is -0.913. The van der Waals surface area contributed by atoms with E-state index in [0.717, 1.165) is 23.5 Å². The summed E-state index contributed by atoms with van der Waals surface area (Å²) in [5.74, 6) is 0.0460. The minimum Gasteiger partial charge on any atom is -0.311 e. The lowest BCUT2D eigenvalue weighted by Gasteiger charge is -2.26. The highest BCUT2D eigenvalue weighted by atomic mass is 35.5. The van der Waals surface area contributed by atoms with Gasteiger partial charge in [-0.3, -0.25) is 4.79 Å². The number of anilines is 1. The Morgan fingerprint density at radius 1 is 1.40 bits per heavy atom. The van der Waals surface area contributed by atoms with Crippen LogP contribution in [0.25, 0.3) is 0 Å². The molecule has 3 rings (SSSR count). The number of benzene rings is 1. The van der Waals surface area contributed by atoms with E-state index in [0.29, 0.717) is 11.7 Å². The van der Waals surface area contributed by atoms with E-state index in [1.165, 1.54) is 0 Å². The van der Waals surface area contributed by atoms with E-state index in [4.69, 9.17) is 23.2 Å². The van der Waals surface area contributed by atoms with Crippen LogP contribution in [0.2, 0.25) is 0 Å². The molecule has 0 spiro atoms. The SMILES string of the molecule is CC1CCN(C(=O)C2(C)CC2(Cl)Cl)c2ccccc2S1. The maximum atomic E-state index is 12.9. The van der Waals surface area contributed by atoms with Crippen molar-refractivity contribution in [2.45, 2.75) is 41.2 Å². The maximum absolute atomic E-state index is 12.9. The number of thioether (sulfide) groups is 1. The van der Waals surface area contributed by atoms with Crippen molar-refractivity contribution in [3.05, 3.63) is 24.3 Å². The summed E-state index contributed by atoms with van der Waals surface area (Å²) in [4.78, 5) is 15.9. The van der Waals surface area contributed by atoms with Crippen molar-refractivity contribution < 1.29 is 4.79 Å². The standard InChI is InChI=1S/C15H17Cl2NOS/c1-10-7-8-18(11-5-3-4-6-12(11)20-10)13(19)14(2)9-15(14,16)17/h3-6,10H,7-9H2,1-2H3. The van der Waals surface area contributed by atoms with Crippen LogP contribution in [0, 0.1) is 5.41 Å². The first-order valence-electron chi connectivity index (χ1n) is 6.81. The Bertz CT molecular complexity index is 563. The van der Waals surface area contributed by atoms with Gasteiger partial charge in [0.1, 0.15) is 4.33 Å². The number of hydrogen-bond acceptors (Lipinski definition) is 2. The summed E-state index contributed by atoms with van der Waals surface area (Å²) in [7, 11) is 0. The van der Waals surface area contributed by atoms with E-state index in [2.05, 4.69) is 13.0 Å². The monoisotopic (exact) mass is 329 g/mol. The van der Waals surface area contributed by atoms with Crippen LogP contribution < -0.4 is 4.90 Å². The summed E-state index contributed by atoms with van der Waals surface area (Å²) in [6, 6.07) is 8.07. The van der Waals surface area contributed by atoms with Crippen molar-refractivity contribution in [1.82, 2.24) is 0 Å². The molecule has 1 aromatic carbocycles. The molecule has 0 saturated heterocycles. The Balaban J connectivity index is 1.96. The smallest absolute Gasteiger partial charge is 0.236 e. The normalized spacial score (nSPS) is 31.4. The van der Waals surface area contributed by atoms with Crippen LogP contribution in [-0.2, 0) is 4.79 Å². The van der Waals surface area contributed by atoms with Gasteiger partial charge in [-0.05, 0) is 31.9 Å². The second-order valence-electron chi connectivity index (χ2n) is 5.85. The summed E-state index contributed by atoms with van der Waals surface area (Å²) in [6.07, 6.45) is 1.50. The lowest BCUT2D eigenvalue weighted by Crippen LogP contribution is -2.39. The molecule has 108 valence electrons. The fourth-order valence-corrected chi connectivity index (χ4v) is 4.44. The highest BCUT2D eigenvalue weighted by molar-refractivity contribution is 8.00. The molecule has 0 bridgehead atoms. The zero-order valence-electron chi connectivity index (χ0n) is 11.5. The minimum atomic E-state index is -0.913. The molecule has 1 heterocycles. The number of hydrogen-bond donors (Lipinski definition) is 0. The molecule has 0 aromatic heterocycles. The number of fused-ring (bicyclic) bond motifs is 1. The molecule has 1 aliphatic heterocycles. The Labute approximate surface area is 133 Å². The highest BCUT2D eigenvalue weighted by Crippen LogP contribution is 2.64. The molecule has 20 heavy (non-hydrogen) atoms. The largest absolute Gasteiger partial charge is 0.311 e. The average molecular weight is 330 g/mol. The molecule has 1 fully saturated rings. The van der Waals surface area contributed by atoms with Crippen LogP contribution in [0.3, 0.4) is 0 Å². The molecule has 1 saturated carbocycles. The van der Waals surface area contributed by atoms with E-state index in [-0.39, 0.29) is 5.91 Å². The summed E-state index contributed by atoms with van der Waals surface area (Å²) in [5.41, 5.74) is 0.339. The van der Waals surface area contributed by atoms with E-state index < -0.39 is 9.75 Å². The molecule has 2 aliphatic rings. The van der Waals surface area contributed by atoms with Crippen LogP contribution in [0.15, 0.2) is 29.2 Å². The number of nitrogens with zero attached hydrogens (tertiary/aromatic N) is 1. The Morgan fingerprint density at radius 2 is 2.05 bits per heavy atom. The first-order valence-corrected chi connectivity index (χ1v) is 8.44. The predicted molar refractivity (Wildman–Crippen MR) is 85.9 cm³/mol. The van der Waals surface area contributed by atoms with Gasteiger partial charge >= 0.3 is 0 Å². The van der Waals surface area contributed by atoms with Crippen LogP contribution >= 0.6 is 35.0 Å². The van der Waals surface area contributed by atoms with Crippen molar-refractivity contribution in [2.24, 2.45) is 5.41 Å². The molecule has 2 atom stereocenters. The molecule has 5 heteroatoms. The quantitative estimate of drug-likeness (QED) is 0.707. The molecule has 1 aromatic rings. The second-order valence-corrected chi connectivity index (χ2v) is 8.82. The molecular weight excluding hydrogens is 313 g/mol. The van der Waals surface area contributed by atoms with Gasteiger partial charge in [0.25, 0.3) is 0 Å². The molecule has 0 N–H and O–H groups in total. The lowest BCUT2D eigenvalue weighted by atomic mass is 10.1. The number of carbonyl (C=O) groups is 1. The number of carbonyl (C=O) groups excluding carboxylic acids is 1. The van der Waals surface area contributed by atoms with Gasteiger partial charge in [0.15, 0.2) is 0 Å². The van der Waals surface area contributed by atoms with Crippen molar-refractivity contribution in [2.75, 3.05) is 11.4 Å². The summed E-state index contributed by atoms with van der Waals surface area (Å²) in [5, 5.41) is 0.498. The molecule has 1 aliphatic carbocycles. The van der Waals surface area contributed by atoms with Gasteiger partial charge in [-0.15, -0.1) is 35.0 Å². The number of amides is 1. The third-order valence-electron chi connectivity index (χ3n) is 4.22. The molecular formula is C15H17Cl2NOS. The van der Waals surface area contributed by atoms with E-state index in [9.17, 15) is 4.79 Å². The molecule has 2 unspecified atom stereocenters. The van der Waals surface area contributed by atoms with Crippen LogP contribution in [0.4, 0.5) is 5.69 Å². The fraction of sp³-hybridized carbons (Fsp3) is 0.533. The van der Waals surface area contributed by atoms with Crippen LogP contribution in [-0.4, -0.2) is 22.0 Å². The second kappa shape index (κ2) is 4.82. The zero-order chi connectivity index (χ0) is 14.5. The minimum absolute atomic E-state index is 0.0460. The van der Waals surface area contributed by atoms with Gasteiger partial charge in [0, 0.05) is 16.7 Å². The van der Waals surface area contributed by atoms with Crippen molar-refractivity contribution >= 4 is 46.6 Å². The van der Waals surface area contributed by atoms with E-state index in [1.807, 2.05) is 41.8 Å². The van der Waals surface area contributed by atoms with Crippen LogP contribution in [0.5, 0.6) is 0 Å². The third kappa shape index (κ3) is 2.24. The molecule has 1 amide bonds. The van der Waals surface area contributed by atoms with Gasteiger partial charge in [-0.1, -0.05) is 19.1 Å². The van der Waals surface area contributed by atoms with Gasteiger partial charge in [0.2, 0.25) is 5.91 Å². The number of para-hydroxylation sites is 1. The Kier molecular flexibility index (Phi) is 3.51. The maximum Gasteiger partial charge on any atom is 0.236 e. The first kappa shape index (κ1) is 14.6. The van der Waals surface area contributed by atoms with Gasteiger partial charge in [-0.25, -0.2) is 0 Å². The summed E-state index contributed by atoms with van der Waals surface area (Å²) >= 11 is 14.2. The van der Waals surface area contributed by atoms with E-state index in [1.54, 1.807) is 0 Å². The van der Waals surface area contributed by atoms with Gasteiger partial charge in [0.05, 0.1) is 11.1 Å². The Hall–Kier alpha value is -0.380. The number of halogens is 2. The first-order chi connectivity index (χ1) is 9.35. The average Bonchev–Trinajstić information content (AvgIpc) is 2.96. The zero-order valence-corrected chi connectivity index (χ0v) is 13.9. The topological polar surface area (TPSA) is 20.3 Å². The van der Waals surface area contributed by atoms with Gasteiger partial charge < -0.3 is 4.90 Å². The molecule has 2 nitrogen and oxygen atoms in total. The Morgan fingerprint density at radius 3 is 2.70 bits per heavy atom. The predicted octanol–water partition coefficient (Wildman–Crippen LogP) is 4.49. The highest BCUT2D eigenvalue weighted by Gasteiger charge is 2.69. The van der Waals surface area contributed by atoms with Crippen LogP contribution in [0.1, 0.15) is 26.7 Å². The lowest BCUT2D eigenvalue weighted by molar-refractivity contribution is -0.123. The fourth-order valence-electron chi connectivity index (χ4n) is 2.63. The van der Waals surface area contributed by atoms with Crippen molar-refractivity contribution in [3.8, 4) is 0 Å². The van der Waals surface area contributed by atoms with Crippen molar-refractivity contribution in [3.63, 3.8) is 0 Å². The van der Waals surface area contributed by atoms with Gasteiger partial charge in [-0.2, -0.15) is 0 Å². The number of alkyl halides is 2. The van der Waals surface area contributed by atoms with E-state index >= 15 is 0 Å². The third-order valence-corrected chi connectivity index (χ3v) is 6.56. The summed E-state index contributed by atoms with van der Waals surface area (Å²) in [6.45, 7) is 4.78. The number of rotatable bonds is 1. The molecule has 0 radical (unpaired) electrons.